The summed E-state index contributed by atoms with van der Waals surface area (Å²) in [5.74, 6) is -1.33. The molecule has 0 amide bonds. The molecule has 21 heavy (non-hydrogen) atoms. The molecular formula is C10H8FN5O4S. The van der Waals surface area contributed by atoms with Gasteiger partial charge in [0.05, 0.1) is 34.8 Å². The minimum absolute atomic E-state index is 0.00495. The summed E-state index contributed by atoms with van der Waals surface area (Å²) in [6.07, 6.45) is 3.49. The van der Waals surface area contributed by atoms with Crippen molar-refractivity contribution in [1.82, 2.24) is 9.97 Å². The topological polar surface area (TPSA) is 141 Å². The summed E-state index contributed by atoms with van der Waals surface area (Å²) >= 11 is 0. The molecule has 0 atom stereocenters. The molecule has 1 aromatic heterocycles. The Bertz CT molecular complexity index is 773. The van der Waals surface area contributed by atoms with Crippen molar-refractivity contribution in [2.24, 2.45) is 0 Å². The van der Waals surface area contributed by atoms with Crippen LogP contribution in [0.2, 0.25) is 0 Å². The second-order valence-electron chi connectivity index (χ2n) is 3.84. The molecule has 9 nitrogen and oxygen atoms in total. The van der Waals surface area contributed by atoms with Crippen LogP contribution in [0, 0.1) is 15.9 Å². The normalized spacial score (nSPS) is 11.1. The van der Waals surface area contributed by atoms with Crippen molar-refractivity contribution in [2.75, 3.05) is 10.5 Å². The van der Waals surface area contributed by atoms with Crippen LogP contribution in [-0.4, -0.2) is 23.3 Å². The van der Waals surface area contributed by atoms with Crippen LogP contribution >= 0.6 is 0 Å². The van der Waals surface area contributed by atoms with E-state index >= 15 is 0 Å². The van der Waals surface area contributed by atoms with E-state index in [9.17, 15) is 22.9 Å². The molecule has 2 rings (SSSR count). The average molecular weight is 313 g/mol. The first-order chi connectivity index (χ1) is 9.81. The number of nitrogens with two attached hydrogens (primary N) is 1. The van der Waals surface area contributed by atoms with Gasteiger partial charge in [-0.15, -0.1) is 0 Å². The second-order valence-corrected chi connectivity index (χ2v) is 5.45. The predicted molar refractivity (Wildman–Crippen MR) is 70.3 cm³/mol. The van der Waals surface area contributed by atoms with E-state index in [2.05, 4.69) is 9.97 Å². The number of sulfonamides is 1. The largest absolute Gasteiger partial charge is 0.397 e. The van der Waals surface area contributed by atoms with E-state index in [1.165, 1.54) is 6.33 Å². The Balaban J connectivity index is 2.48. The molecule has 0 bridgehead atoms. The SMILES string of the molecule is Nc1cc([N+](=O)[O-])cc(F)c1S(=O)(=O)Nc1cncnc1. The number of nitro groups is 1. The van der Waals surface area contributed by atoms with Gasteiger partial charge in [-0.25, -0.2) is 22.8 Å². The summed E-state index contributed by atoms with van der Waals surface area (Å²) in [5.41, 5.74) is 4.18. The molecule has 0 unspecified atom stereocenters. The highest BCUT2D eigenvalue weighted by molar-refractivity contribution is 7.92. The van der Waals surface area contributed by atoms with E-state index in [0.717, 1.165) is 18.5 Å². The number of nitro benzene ring substituents is 1. The smallest absolute Gasteiger partial charge is 0.274 e. The number of non-ortho nitro benzene ring substituents is 1. The predicted octanol–water partition coefficient (Wildman–Crippen LogP) is 0.907. The van der Waals surface area contributed by atoms with Gasteiger partial charge < -0.3 is 5.73 Å². The van der Waals surface area contributed by atoms with E-state index in [0.29, 0.717) is 6.07 Å². The van der Waals surface area contributed by atoms with Gasteiger partial charge in [0.1, 0.15) is 11.2 Å². The number of anilines is 2. The Kier molecular flexibility index (Phi) is 3.67. The number of halogens is 1. The third-order valence-corrected chi connectivity index (χ3v) is 3.82. The monoisotopic (exact) mass is 313 g/mol. The molecule has 0 fully saturated rings. The molecule has 0 saturated carbocycles. The van der Waals surface area contributed by atoms with Gasteiger partial charge in [0, 0.05) is 6.07 Å². The minimum Gasteiger partial charge on any atom is -0.397 e. The maximum atomic E-state index is 13.8. The summed E-state index contributed by atoms with van der Waals surface area (Å²) < 4.78 is 40.0. The highest BCUT2D eigenvalue weighted by Gasteiger charge is 2.26. The standard InChI is InChI=1S/C10H8FN5O4S/c11-8-1-7(16(17)18)2-9(12)10(8)21(19,20)15-6-3-13-5-14-4-6/h1-5,15H,12H2. The van der Waals surface area contributed by atoms with Crippen LogP contribution < -0.4 is 10.5 Å². The summed E-state index contributed by atoms with van der Waals surface area (Å²) in [5, 5.41) is 10.6. The molecule has 2 aromatic rings. The number of hydrogen-bond acceptors (Lipinski definition) is 7. The number of nitrogen functional groups attached to an aromatic ring is 1. The highest BCUT2D eigenvalue weighted by Crippen LogP contribution is 2.28. The van der Waals surface area contributed by atoms with Crippen LogP contribution in [0.3, 0.4) is 0 Å². The molecule has 0 radical (unpaired) electrons. The number of benzene rings is 1. The zero-order valence-corrected chi connectivity index (χ0v) is 11.0. The Labute approximate surface area is 117 Å². The minimum atomic E-state index is -4.37. The van der Waals surface area contributed by atoms with E-state index in [1.807, 2.05) is 4.72 Å². The Hall–Kier alpha value is -2.82. The summed E-state index contributed by atoms with van der Waals surface area (Å²) in [6, 6.07) is 1.24. The first-order valence-corrected chi connectivity index (χ1v) is 6.81. The second kappa shape index (κ2) is 5.28. The maximum Gasteiger partial charge on any atom is 0.274 e. The zero-order valence-electron chi connectivity index (χ0n) is 10.2. The fourth-order valence-corrected chi connectivity index (χ4v) is 2.75. The van der Waals surface area contributed by atoms with Gasteiger partial charge in [0.2, 0.25) is 0 Å². The van der Waals surface area contributed by atoms with Gasteiger partial charge in [-0.05, 0) is 0 Å². The molecule has 110 valence electrons. The number of nitrogens with zero attached hydrogens (tertiary/aromatic N) is 3. The first-order valence-electron chi connectivity index (χ1n) is 5.32. The van der Waals surface area contributed by atoms with Crippen LogP contribution in [0.1, 0.15) is 0 Å². The van der Waals surface area contributed by atoms with Gasteiger partial charge in [-0.2, -0.15) is 0 Å². The molecule has 1 aromatic carbocycles. The quantitative estimate of drug-likeness (QED) is 0.485. The number of rotatable bonds is 4. The summed E-state index contributed by atoms with van der Waals surface area (Å²) in [6.45, 7) is 0. The van der Waals surface area contributed by atoms with E-state index in [-0.39, 0.29) is 5.69 Å². The van der Waals surface area contributed by atoms with Gasteiger partial charge in [-0.1, -0.05) is 0 Å². The third-order valence-electron chi connectivity index (χ3n) is 2.35. The average Bonchev–Trinajstić information content (AvgIpc) is 2.37. The Morgan fingerprint density at radius 3 is 2.43 bits per heavy atom. The van der Waals surface area contributed by atoms with Gasteiger partial charge in [-0.3, -0.25) is 14.8 Å². The lowest BCUT2D eigenvalue weighted by molar-refractivity contribution is -0.385. The maximum absolute atomic E-state index is 13.8. The lowest BCUT2D eigenvalue weighted by Crippen LogP contribution is -2.17. The summed E-state index contributed by atoms with van der Waals surface area (Å²) in [4.78, 5) is 16.0. The fourth-order valence-electron chi connectivity index (χ4n) is 1.55. The molecule has 0 aliphatic rings. The van der Waals surface area contributed by atoms with Gasteiger partial charge in [0.25, 0.3) is 15.7 Å². The van der Waals surface area contributed by atoms with Crippen molar-refractivity contribution in [2.45, 2.75) is 4.90 Å². The molecule has 0 aliphatic heterocycles. The molecule has 0 spiro atoms. The van der Waals surface area contributed by atoms with Crippen molar-refractivity contribution in [1.29, 1.82) is 0 Å². The summed E-state index contributed by atoms with van der Waals surface area (Å²) in [7, 11) is -4.37. The van der Waals surface area contributed by atoms with Crippen molar-refractivity contribution in [3.05, 3.63) is 46.8 Å². The number of aromatic nitrogens is 2. The van der Waals surface area contributed by atoms with Crippen LogP contribution in [0.5, 0.6) is 0 Å². The van der Waals surface area contributed by atoms with Crippen molar-refractivity contribution in [3.63, 3.8) is 0 Å². The van der Waals surface area contributed by atoms with Crippen LogP contribution in [-0.2, 0) is 10.0 Å². The van der Waals surface area contributed by atoms with Crippen molar-refractivity contribution in [3.8, 4) is 0 Å². The molecule has 11 heteroatoms. The first kappa shape index (κ1) is 14.6. The Morgan fingerprint density at radius 1 is 1.29 bits per heavy atom. The molecule has 3 N–H and O–H groups in total. The van der Waals surface area contributed by atoms with Crippen molar-refractivity contribution < 1.29 is 17.7 Å². The third kappa shape index (κ3) is 3.02. The fraction of sp³-hybridized carbons (Fsp3) is 0. The van der Waals surface area contributed by atoms with E-state index < -0.39 is 37.0 Å². The molecule has 0 aliphatic carbocycles. The Morgan fingerprint density at radius 2 is 1.90 bits per heavy atom. The van der Waals surface area contributed by atoms with Crippen molar-refractivity contribution >= 4 is 27.1 Å². The van der Waals surface area contributed by atoms with Crippen LogP contribution in [0.15, 0.2) is 35.7 Å². The van der Waals surface area contributed by atoms with Gasteiger partial charge in [0.15, 0.2) is 5.82 Å². The molecular weight excluding hydrogens is 305 g/mol. The lowest BCUT2D eigenvalue weighted by atomic mass is 10.3. The number of hydrogen-bond donors (Lipinski definition) is 2. The van der Waals surface area contributed by atoms with Gasteiger partial charge >= 0.3 is 0 Å². The molecule has 0 saturated heterocycles. The zero-order chi connectivity index (χ0) is 15.6. The van der Waals surface area contributed by atoms with E-state index in [1.54, 1.807) is 0 Å². The van der Waals surface area contributed by atoms with Crippen LogP contribution in [0.25, 0.3) is 0 Å². The highest BCUT2D eigenvalue weighted by atomic mass is 32.2. The molecule has 1 heterocycles. The van der Waals surface area contributed by atoms with E-state index in [4.69, 9.17) is 5.73 Å². The van der Waals surface area contributed by atoms with Crippen LogP contribution in [0.4, 0.5) is 21.5 Å². The number of nitrogens with one attached hydrogen (secondary N) is 1. The lowest BCUT2D eigenvalue weighted by Gasteiger charge is -2.10.